The molecule has 0 aromatic carbocycles. The van der Waals surface area contributed by atoms with E-state index in [-0.39, 0.29) is 5.78 Å². The molecule has 2 heteroatoms. The standard InChI is InChI=1S/C12H17NO/c14-12-6-8-13(9-7-12)10-11-4-2-1-3-5-11/h1-2,4H,3,5-10H2/i3D2,5D2. The Labute approximate surface area is 90.9 Å². The Morgan fingerprint density at radius 3 is 3.00 bits per heavy atom. The zero-order chi connectivity index (χ0) is 13.4. The van der Waals surface area contributed by atoms with Crippen molar-refractivity contribution in [3.05, 3.63) is 23.8 Å². The zero-order valence-electron chi connectivity index (χ0n) is 12.1. The summed E-state index contributed by atoms with van der Waals surface area (Å²) >= 11 is 0. The molecule has 0 saturated carbocycles. The fourth-order valence-electron chi connectivity index (χ4n) is 1.68. The smallest absolute Gasteiger partial charge is 0.135 e. The van der Waals surface area contributed by atoms with Crippen LogP contribution in [-0.4, -0.2) is 30.3 Å². The van der Waals surface area contributed by atoms with Crippen molar-refractivity contribution in [2.45, 2.75) is 25.6 Å². The number of likely N-dealkylation sites (tertiary alicyclic amines) is 1. The number of carbonyl (C=O) groups excluding carboxylic acids is 1. The van der Waals surface area contributed by atoms with Gasteiger partial charge in [0.05, 0.1) is 0 Å². The SMILES string of the molecule is [2H]C1([2H])C=CC=C(CN2CCC(=O)CC2)C1([2H])[2H]. The van der Waals surface area contributed by atoms with Crippen molar-refractivity contribution >= 4 is 5.78 Å². The molecule has 1 fully saturated rings. The van der Waals surface area contributed by atoms with Crippen LogP contribution in [0.3, 0.4) is 0 Å². The summed E-state index contributed by atoms with van der Waals surface area (Å²) < 4.78 is 31.2. The highest BCUT2D eigenvalue weighted by Crippen LogP contribution is 2.15. The Kier molecular flexibility index (Phi) is 1.91. The predicted molar refractivity (Wildman–Crippen MR) is 57.1 cm³/mol. The molecule has 0 atom stereocenters. The lowest BCUT2D eigenvalue weighted by atomic mass is 10.0. The maximum atomic E-state index is 11.1. The van der Waals surface area contributed by atoms with Gasteiger partial charge >= 0.3 is 0 Å². The molecule has 0 aromatic rings. The topological polar surface area (TPSA) is 20.3 Å². The number of hydrogen-bond acceptors (Lipinski definition) is 2. The van der Waals surface area contributed by atoms with E-state index in [1.165, 1.54) is 6.08 Å². The number of nitrogens with zero attached hydrogens (tertiary/aromatic N) is 1. The van der Waals surface area contributed by atoms with Crippen LogP contribution in [0.4, 0.5) is 0 Å². The number of Topliss-reactive ketones (excluding diaryl/α,β-unsaturated/α-hetero) is 1. The van der Waals surface area contributed by atoms with Crippen molar-refractivity contribution in [3.8, 4) is 0 Å². The van der Waals surface area contributed by atoms with Crippen molar-refractivity contribution in [1.29, 1.82) is 0 Å². The minimum absolute atomic E-state index is 0.252. The number of ketones is 1. The Balaban J connectivity index is 2.07. The molecule has 2 rings (SSSR count). The molecule has 0 spiro atoms. The molecule has 14 heavy (non-hydrogen) atoms. The summed E-state index contributed by atoms with van der Waals surface area (Å²) in [7, 11) is 0. The summed E-state index contributed by atoms with van der Waals surface area (Å²) in [5, 5.41) is 0. The highest BCUT2D eigenvalue weighted by atomic mass is 16.1. The van der Waals surface area contributed by atoms with Crippen molar-refractivity contribution in [1.82, 2.24) is 4.90 Å². The van der Waals surface area contributed by atoms with Gasteiger partial charge in [-0.15, -0.1) is 0 Å². The third kappa shape index (κ3) is 2.55. The summed E-state index contributed by atoms with van der Waals surface area (Å²) in [5.74, 6) is 0.252. The average Bonchev–Trinajstić information content (AvgIpc) is 2.28. The number of rotatable bonds is 2. The molecule has 76 valence electrons. The summed E-state index contributed by atoms with van der Waals surface area (Å²) in [6.07, 6.45) is 1.56. The lowest BCUT2D eigenvalue weighted by Gasteiger charge is -2.27. The van der Waals surface area contributed by atoms with Gasteiger partial charge < -0.3 is 0 Å². The van der Waals surface area contributed by atoms with Crippen LogP contribution in [0.15, 0.2) is 23.8 Å². The normalized spacial score (nSPS) is 35.1. The van der Waals surface area contributed by atoms with Gasteiger partial charge in [0, 0.05) is 38.0 Å². The third-order valence-electron chi connectivity index (χ3n) is 2.52. The van der Waals surface area contributed by atoms with Crippen LogP contribution < -0.4 is 0 Å². The van der Waals surface area contributed by atoms with Crippen molar-refractivity contribution in [3.63, 3.8) is 0 Å². The van der Waals surface area contributed by atoms with Crippen LogP contribution >= 0.6 is 0 Å². The highest BCUT2D eigenvalue weighted by Gasteiger charge is 2.16. The predicted octanol–water partition coefficient (Wildman–Crippen LogP) is 1.93. The molecule has 1 aliphatic carbocycles. The Hall–Kier alpha value is -0.890. The van der Waals surface area contributed by atoms with Gasteiger partial charge in [0.2, 0.25) is 0 Å². The molecule has 1 aliphatic heterocycles. The first-order chi connectivity index (χ1) is 8.33. The van der Waals surface area contributed by atoms with E-state index in [1.807, 2.05) is 4.90 Å². The minimum atomic E-state index is -1.98. The summed E-state index contributed by atoms with van der Waals surface area (Å²) in [6, 6.07) is 0. The second kappa shape index (κ2) is 4.56. The van der Waals surface area contributed by atoms with Gasteiger partial charge in [-0.1, -0.05) is 23.8 Å². The molecule has 1 saturated heterocycles. The molecular formula is C12H17NO. The Morgan fingerprint density at radius 2 is 2.21 bits per heavy atom. The van der Waals surface area contributed by atoms with Gasteiger partial charge in [0.25, 0.3) is 0 Å². The molecule has 0 amide bonds. The third-order valence-corrected chi connectivity index (χ3v) is 2.52. The van der Waals surface area contributed by atoms with Crippen molar-refractivity contribution in [2.75, 3.05) is 19.6 Å². The fraction of sp³-hybridized carbons (Fsp3) is 0.583. The number of carbonyl (C=O) groups is 1. The van der Waals surface area contributed by atoms with Gasteiger partial charge in [0.1, 0.15) is 5.78 Å². The van der Waals surface area contributed by atoms with E-state index < -0.39 is 12.7 Å². The lowest BCUT2D eigenvalue weighted by molar-refractivity contribution is -0.121. The lowest BCUT2D eigenvalue weighted by Crippen LogP contribution is -2.35. The van der Waals surface area contributed by atoms with Gasteiger partial charge in [-0.05, 0) is 12.7 Å². The average molecular weight is 195 g/mol. The van der Waals surface area contributed by atoms with Crippen LogP contribution in [0, 0.1) is 0 Å². The highest BCUT2D eigenvalue weighted by molar-refractivity contribution is 5.79. The van der Waals surface area contributed by atoms with Gasteiger partial charge in [-0.25, -0.2) is 0 Å². The second-order valence-corrected chi connectivity index (χ2v) is 3.64. The van der Waals surface area contributed by atoms with Crippen LogP contribution in [0.5, 0.6) is 0 Å². The van der Waals surface area contributed by atoms with Gasteiger partial charge in [-0.2, -0.15) is 0 Å². The second-order valence-electron chi connectivity index (χ2n) is 3.64. The van der Waals surface area contributed by atoms with Crippen LogP contribution in [0.1, 0.15) is 31.1 Å². The minimum Gasteiger partial charge on any atom is -0.300 e. The van der Waals surface area contributed by atoms with E-state index in [4.69, 9.17) is 5.48 Å². The maximum absolute atomic E-state index is 11.1. The van der Waals surface area contributed by atoms with Gasteiger partial charge in [-0.3, -0.25) is 9.69 Å². The largest absolute Gasteiger partial charge is 0.300 e. The first-order valence-corrected chi connectivity index (χ1v) is 4.96. The molecule has 0 aromatic heterocycles. The number of hydrogen-bond donors (Lipinski definition) is 0. The summed E-state index contributed by atoms with van der Waals surface area (Å²) in [4.78, 5) is 13.2. The Bertz CT molecular complexity index is 404. The first kappa shape index (κ1) is 5.86. The molecule has 0 unspecified atom stereocenters. The summed E-state index contributed by atoms with van der Waals surface area (Å²) in [5.41, 5.74) is 0.448. The van der Waals surface area contributed by atoms with E-state index in [2.05, 4.69) is 0 Å². The van der Waals surface area contributed by atoms with E-state index in [0.29, 0.717) is 38.0 Å². The zero-order valence-corrected chi connectivity index (χ0v) is 8.12. The maximum Gasteiger partial charge on any atom is 0.135 e. The molecule has 2 aliphatic rings. The number of piperidine rings is 1. The van der Waals surface area contributed by atoms with Crippen molar-refractivity contribution < 1.29 is 10.3 Å². The molecule has 1 heterocycles. The van der Waals surface area contributed by atoms with Crippen LogP contribution in [0.2, 0.25) is 0 Å². The Morgan fingerprint density at radius 1 is 1.43 bits per heavy atom. The van der Waals surface area contributed by atoms with E-state index in [1.54, 1.807) is 12.2 Å². The monoisotopic (exact) mass is 195 g/mol. The van der Waals surface area contributed by atoms with Crippen molar-refractivity contribution in [2.24, 2.45) is 0 Å². The fourth-order valence-corrected chi connectivity index (χ4v) is 1.68. The summed E-state index contributed by atoms with van der Waals surface area (Å²) in [6.45, 7) is 1.67. The quantitative estimate of drug-likeness (QED) is 0.671. The molecule has 0 N–H and O–H groups in total. The molecular weight excluding hydrogens is 174 g/mol. The first-order valence-electron chi connectivity index (χ1n) is 6.96. The van der Waals surface area contributed by atoms with Gasteiger partial charge in [0.15, 0.2) is 0 Å². The number of allylic oxidation sites excluding steroid dienone is 3. The van der Waals surface area contributed by atoms with Crippen LogP contribution in [-0.2, 0) is 4.79 Å². The molecule has 0 radical (unpaired) electrons. The van der Waals surface area contributed by atoms with Crippen LogP contribution in [0.25, 0.3) is 0 Å². The molecule has 2 nitrogen and oxygen atoms in total. The van der Waals surface area contributed by atoms with E-state index >= 15 is 0 Å². The van der Waals surface area contributed by atoms with E-state index in [9.17, 15) is 4.79 Å². The van der Waals surface area contributed by atoms with E-state index in [0.717, 1.165) is 0 Å². The molecule has 0 bridgehead atoms.